The maximum Gasteiger partial charge on any atom is 0.131 e. The smallest absolute Gasteiger partial charge is 0.131 e. The van der Waals surface area contributed by atoms with Crippen LogP contribution in [0.2, 0.25) is 0 Å². The molecule has 0 fully saturated rings. The van der Waals surface area contributed by atoms with E-state index in [9.17, 15) is 4.39 Å². The average Bonchev–Trinajstić information content (AvgIpc) is 2.47. The van der Waals surface area contributed by atoms with Crippen molar-refractivity contribution in [1.29, 1.82) is 0 Å². The van der Waals surface area contributed by atoms with Crippen molar-refractivity contribution in [3.05, 3.63) is 72.0 Å². The average molecular weight is 251 g/mol. The predicted octanol–water partition coefficient (Wildman–Crippen LogP) is 4.10. The minimum atomic E-state index is -0.214. The standard InChI is InChI=1S/C17H14FN/c18-17-9-8-12(11-19)10-16(17)15-7-3-5-13-4-1-2-6-14(13)15/h1-10H,11,19H2. The third-order valence-electron chi connectivity index (χ3n) is 3.35. The molecule has 3 aromatic carbocycles. The van der Waals surface area contributed by atoms with Gasteiger partial charge in [0.1, 0.15) is 5.82 Å². The lowest BCUT2D eigenvalue weighted by atomic mass is 9.96. The molecule has 94 valence electrons. The number of fused-ring (bicyclic) bond motifs is 1. The van der Waals surface area contributed by atoms with E-state index in [1.54, 1.807) is 6.07 Å². The first-order chi connectivity index (χ1) is 9.29. The second-order valence-corrected chi connectivity index (χ2v) is 4.55. The van der Waals surface area contributed by atoms with E-state index in [0.717, 1.165) is 21.9 Å². The van der Waals surface area contributed by atoms with E-state index in [4.69, 9.17) is 5.73 Å². The molecule has 2 heteroatoms. The van der Waals surface area contributed by atoms with E-state index < -0.39 is 0 Å². The second kappa shape index (κ2) is 4.82. The van der Waals surface area contributed by atoms with Crippen LogP contribution >= 0.6 is 0 Å². The van der Waals surface area contributed by atoms with Crippen LogP contribution in [-0.4, -0.2) is 0 Å². The van der Waals surface area contributed by atoms with Crippen LogP contribution in [0.4, 0.5) is 4.39 Å². The SMILES string of the molecule is NCc1ccc(F)c(-c2cccc3ccccc23)c1. The predicted molar refractivity (Wildman–Crippen MR) is 77.2 cm³/mol. The molecule has 0 aliphatic rings. The molecule has 0 amide bonds. The van der Waals surface area contributed by atoms with Crippen molar-refractivity contribution in [2.45, 2.75) is 6.54 Å². The van der Waals surface area contributed by atoms with E-state index in [1.807, 2.05) is 48.5 Å². The zero-order chi connectivity index (χ0) is 13.2. The molecule has 0 radical (unpaired) electrons. The first kappa shape index (κ1) is 11.9. The molecule has 1 nitrogen and oxygen atoms in total. The highest BCUT2D eigenvalue weighted by atomic mass is 19.1. The number of rotatable bonds is 2. The van der Waals surface area contributed by atoms with Gasteiger partial charge in [-0.15, -0.1) is 0 Å². The van der Waals surface area contributed by atoms with Gasteiger partial charge in [-0.05, 0) is 34.0 Å². The van der Waals surface area contributed by atoms with Gasteiger partial charge in [-0.3, -0.25) is 0 Å². The Morgan fingerprint density at radius 2 is 1.63 bits per heavy atom. The quantitative estimate of drug-likeness (QED) is 0.729. The molecule has 0 aromatic heterocycles. The van der Waals surface area contributed by atoms with E-state index in [-0.39, 0.29) is 5.82 Å². The minimum absolute atomic E-state index is 0.214. The third kappa shape index (κ3) is 2.11. The number of hydrogen-bond donors (Lipinski definition) is 1. The van der Waals surface area contributed by atoms with Gasteiger partial charge in [-0.2, -0.15) is 0 Å². The highest BCUT2D eigenvalue weighted by Crippen LogP contribution is 2.30. The van der Waals surface area contributed by atoms with Crippen LogP contribution in [0.15, 0.2) is 60.7 Å². The van der Waals surface area contributed by atoms with Gasteiger partial charge in [0.2, 0.25) is 0 Å². The van der Waals surface area contributed by atoms with Crippen LogP contribution in [0.3, 0.4) is 0 Å². The Balaban J connectivity index is 2.30. The third-order valence-corrected chi connectivity index (χ3v) is 3.35. The summed E-state index contributed by atoms with van der Waals surface area (Å²) in [5, 5.41) is 2.16. The molecule has 0 saturated heterocycles. The Morgan fingerprint density at radius 1 is 0.842 bits per heavy atom. The van der Waals surface area contributed by atoms with Crippen LogP contribution in [0.1, 0.15) is 5.56 Å². The maximum atomic E-state index is 14.1. The molecule has 0 aliphatic heterocycles. The molecule has 0 saturated carbocycles. The summed E-state index contributed by atoms with van der Waals surface area (Å²) in [5.74, 6) is -0.214. The summed E-state index contributed by atoms with van der Waals surface area (Å²) >= 11 is 0. The van der Waals surface area contributed by atoms with Crippen molar-refractivity contribution in [1.82, 2.24) is 0 Å². The molecular weight excluding hydrogens is 237 g/mol. The Labute approximate surface area is 111 Å². The van der Waals surface area contributed by atoms with Crippen molar-refractivity contribution in [2.75, 3.05) is 0 Å². The topological polar surface area (TPSA) is 26.0 Å². The molecule has 0 heterocycles. The lowest BCUT2D eigenvalue weighted by Gasteiger charge is -2.09. The van der Waals surface area contributed by atoms with Crippen LogP contribution < -0.4 is 5.73 Å². The molecule has 0 aliphatic carbocycles. The van der Waals surface area contributed by atoms with Gasteiger partial charge in [0.25, 0.3) is 0 Å². The van der Waals surface area contributed by atoms with E-state index in [1.165, 1.54) is 6.07 Å². The van der Waals surface area contributed by atoms with Gasteiger partial charge >= 0.3 is 0 Å². The summed E-state index contributed by atoms with van der Waals surface area (Å²) in [4.78, 5) is 0. The lowest BCUT2D eigenvalue weighted by molar-refractivity contribution is 0.630. The van der Waals surface area contributed by atoms with Crippen molar-refractivity contribution >= 4 is 10.8 Å². The molecule has 3 rings (SSSR count). The molecule has 0 unspecified atom stereocenters. The maximum absolute atomic E-state index is 14.1. The van der Waals surface area contributed by atoms with Crippen molar-refractivity contribution in [3.63, 3.8) is 0 Å². The number of benzene rings is 3. The Kier molecular flexibility index (Phi) is 3.02. The largest absolute Gasteiger partial charge is 0.326 e. The molecule has 19 heavy (non-hydrogen) atoms. The molecule has 0 bridgehead atoms. The summed E-state index contributed by atoms with van der Waals surface area (Å²) < 4.78 is 14.1. The Bertz CT molecular complexity index is 729. The molecule has 3 aromatic rings. The number of nitrogens with two attached hydrogens (primary N) is 1. The molecule has 0 spiro atoms. The van der Waals surface area contributed by atoms with E-state index in [2.05, 4.69) is 0 Å². The van der Waals surface area contributed by atoms with Gasteiger partial charge in [0.15, 0.2) is 0 Å². The number of halogens is 1. The molecule has 0 atom stereocenters. The summed E-state index contributed by atoms with van der Waals surface area (Å²) in [6.07, 6.45) is 0. The Hall–Kier alpha value is -2.19. The van der Waals surface area contributed by atoms with Crippen LogP contribution in [0.5, 0.6) is 0 Å². The minimum Gasteiger partial charge on any atom is -0.326 e. The van der Waals surface area contributed by atoms with E-state index in [0.29, 0.717) is 12.1 Å². The fourth-order valence-electron chi connectivity index (χ4n) is 2.37. The zero-order valence-corrected chi connectivity index (χ0v) is 10.4. The van der Waals surface area contributed by atoms with Gasteiger partial charge in [0.05, 0.1) is 0 Å². The van der Waals surface area contributed by atoms with Gasteiger partial charge in [0, 0.05) is 12.1 Å². The summed E-state index contributed by atoms with van der Waals surface area (Å²) in [5.41, 5.74) is 8.09. The van der Waals surface area contributed by atoms with Gasteiger partial charge in [-0.1, -0.05) is 48.5 Å². The first-order valence-corrected chi connectivity index (χ1v) is 6.26. The monoisotopic (exact) mass is 251 g/mol. The highest BCUT2D eigenvalue weighted by molar-refractivity contribution is 5.96. The van der Waals surface area contributed by atoms with Gasteiger partial charge < -0.3 is 5.73 Å². The van der Waals surface area contributed by atoms with Crippen LogP contribution in [0, 0.1) is 5.82 Å². The summed E-state index contributed by atoms with van der Waals surface area (Å²) in [6, 6.07) is 19.0. The first-order valence-electron chi connectivity index (χ1n) is 6.26. The van der Waals surface area contributed by atoms with E-state index >= 15 is 0 Å². The van der Waals surface area contributed by atoms with Crippen LogP contribution in [-0.2, 0) is 6.54 Å². The second-order valence-electron chi connectivity index (χ2n) is 4.55. The van der Waals surface area contributed by atoms with Crippen LogP contribution in [0.25, 0.3) is 21.9 Å². The zero-order valence-electron chi connectivity index (χ0n) is 10.4. The van der Waals surface area contributed by atoms with Gasteiger partial charge in [-0.25, -0.2) is 4.39 Å². The van der Waals surface area contributed by atoms with Crippen molar-refractivity contribution < 1.29 is 4.39 Å². The fraction of sp³-hybridized carbons (Fsp3) is 0.0588. The lowest BCUT2D eigenvalue weighted by Crippen LogP contribution is -1.97. The molecular formula is C17H14FN. The molecule has 2 N–H and O–H groups in total. The highest BCUT2D eigenvalue weighted by Gasteiger charge is 2.09. The van der Waals surface area contributed by atoms with Crippen molar-refractivity contribution in [2.24, 2.45) is 5.73 Å². The number of hydrogen-bond acceptors (Lipinski definition) is 1. The summed E-state index contributed by atoms with van der Waals surface area (Å²) in [7, 11) is 0. The van der Waals surface area contributed by atoms with Crippen molar-refractivity contribution in [3.8, 4) is 11.1 Å². The Morgan fingerprint density at radius 3 is 2.47 bits per heavy atom. The summed E-state index contributed by atoms with van der Waals surface area (Å²) in [6.45, 7) is 0.415. The normalized spacial score (nSPS) is 10.8. The fourth-order valence-corrected chi connectivity index (χ4v) is 2.37.